The number of benzene rings is 1. The number of pyridine rings is 1. The van der Waals surface area contributed by atoms with Gasteiger partial charge in [0.25, 0.3) is 0 Å². The number of aliphatic hydroxyl groups is 1. The second-order valence-corrected chi connectivity index (χ2v) is 6.50. The Hall–Kier alpha value is -3.50. The second kappa shape index (κ2) is 7.25. The smallest absolute Gasteiger partial charge is 0.144 e. The minimum Gasteiger partial charge on any atom is -0.394 e. The van der Waals surface area contributed by atoms with Crippen molar-refractivity contribution in [2.75, 3.05) is 6.61 Å². The molecule has 1 atom stereocenters. The highest BCUT2D eigenvalue weighted by Gasteiger charge is 2.20. The van der Waals surface area contributed by atoms with Gasteiger partial charge in [0.05, 0.1) is 36.6 Å². The Labute approximate surface area is 161 Å². The van der Waals surface area contributed by atoms with Gasteiger partial charge in [-0.1, -0.05) is 6.92 Å². The first-order chi connectivity index (χ1) is 13.7. The van der Waals surface area contributed by atoms with Gasteiger partial charge < -0.3 is 9.67 Å². The van der Waals surface area contributed by atoms with Crippen molar-refractivity contribution in [2.24, 2.45) is 0 Å². The Morgan fingerprint density at radius 1 is 1.14 bits per heavy atom. The van der Waals surface area contributed by atoms with Crippen LogP contribution in [0, 0.1) is 17.1 Å². The van der Waals surface area contributed by atoms with Gasteiger partial charge >= 0.3 is 0 Å². The molecule has 4 rings (SSSR count). The number of hydrogen-bond donors (Lipinski definition) is 1. The first kappa shape index (κ1) is 17.9. The molecular formula is C21H18FN5O. The average Bonchev–Trinajstić information content (AvgIpc) is 3.33. The highest BCUT2D eigenvalue weighted by Crippen LogP contribution is 2.34. The molecule has 0 amide bonds. The van der Waals surface area contributed by atoms with Crippen molar-refractivity contribution >= 4 is 5.65 Å². The number of nitrogens with zero attached hydrogens (tertiary/aromatic N) is 5. The summed E-state index contributed by atoms with van der Waals surface area (Å²) in [4.78, 5) is 8.79. The van der Waals surface area contributed by atoms with Gasteiger partial charge in [0, 0.05) is 17.3 Å². The summed E-state index contributed by atoms with van der Waals surface area (Å²) in [6, 6.07) is 11.9. The van der Waals surface area contributed by atoms with Crippen LogP contribution in [0.5, 0.6) is 0 Å². The van der Waals surface area contributed by atoms with Gasteiger partial charge in [0.1, 0.15) is 23.2 Å². The van der Waals surface area contributed by atoms with Crippen LogP contribution in [0.25, 0.3) is 28.2 Å². The summed E-state index contributed by atoms with van der Waals surface area (Å²) in [6.07, 6.45) is 5.78. The zero-order valence-corrected chi connectivity index (χ0v) is 15.2. The molecule has 0 bridgehead atoms. The Morgan fingerprint density at radius 2 is 1.89 bits per heavy atom. The Kier molecular flexibility index (Phi) is 4.63. The number of rotatable bonds is 5. The van der Waals surface area contributed by atoms with Crippen molar-refractivity contribution in [3.8, 4) is 28.6 Å². The molecule has 140 valence electrons. The number of imidazole rings is 2. The monoisotopic (exact) mass is 375 g/mol. The highest BCUT2D eigenvalue weighted by atomic mass is 19.1. The minimum atomic E-state index is -0.315. The maximum atomic E-state index is 13.4. The molecule has 0 saturated carbocycles. The molecule has 3 heterocycles. The largest absolute Gasteiger partial charge is 0.394 e. The van der Waals surface area contributed by atoms with Gasteiger partial charge in [-0.25, -0.2) is 14.4 Å². The van der Waals surface area contributed by atoms with Gasteiger partial charge in [-0.05, 0) is 42.8 Å². The third-order valence-corrected chi connectivity index (χ3v) is 4.88. The fourth-order valence-corrected chi connectivity index (χ4v) is 3.36. The van der Waals surface area contributed by atoms with Crippen molar-refractivity contribution in [2.45, 2.75) is 19.4 Å². The zero-order valence-electron chi connectivity index (χ0n) is 15.2. The van der Waals surface area contributed by atoms with Crippen LogP contribution in [-0.2, 0) is 0 Å². The lowest BCUT2D eigenvalue weighted by molar-refractivity contribution is 0.225. The van der Waals surface area contributed by atoms with Gasteiger partial charge in [-0.2, -0.15) is 5.26 Å². The Morgan fingerprint density at radius 3 is 2.57 bits per heavy atom. The van der Waals surface area contributed by atoms with Crippen molar-refractivity contribution < 1.29 is 9.50 Å². The molecule has 28 heavy (non-hydrogen) atoms. The normalized spacial score (nSPS) is 12.2. The van der Waals surface area contributed by atoms with Crippen LogP contribution in [0.3, 0.4) is 0 Å². The predicted molar refractivity (Wildman–Crippen MR) is 103 cm³/mol. The topological polar surface area (TPSA) is 79.1 Å². The summed E-state index contributed by atoms with van der Waals surface area (Å²) in [5, 5.41) is 19.2. The molecular weight excluding hydrogens is 357 g/mol. The molecule has 0 aliphatic rings. The molecule has 0 saturated heterocycles. The van der Waals surface area contributed by atoms with Crippen molar-refractivity contribution in [1.82, 2.24) is 18.9 Å². The second-order valence-electron chi connectivity index (χ2n) is 6.50. The van der Waals surface area contributed by atoms with E-state index < -0.39 is 0 Å². The summed E-state index contributed by atoms with van der Waals surface area (Å²) in [5.41, 5.74) is 4.18. The summed E-state index contributed by atoms with van der Waals surface area (Å²) >= 11 is 0. The first-order valence-electron chi connectivity index (χ1n) is 8.97. The maximum absolute atomic E-state index is 13.4. The number of hydrogen-bond acceptors (Lipinski definition) is 4. The van der Waals surface area contributed by atoms with Crippen LogP contribution in [0.4, 0.5) is 4.39 Å². The fraction of sp³-hybridized carbons (Fsp3) is 0.190. The van der Waals surface area contributed by atoms with E-state index in [0.29, 0.717) is 17.0 Å². The molecule has 0 spiro atoms. The molecule has 0 fully saturated rings. The quantitative estimate of drug-likeness (QED) is 0.575. The lowest BCUT2D eigenvalue weighted by atomic mass is 10.0. The molecule has 4 aromatic rings. The molecule has 6 nitrogen and oxygen atoms in total. The number of fused-ring (bicyclic) bond motifs is 1. The van der Waals surface area contributed by atoms with Crippen LogP contribution in [-0.4, -0.2) is 30.6 Å². The maximum Gasteiger partial charge on any atom is 0.144 e. The summed E-state index contributed by atoms with van der Waals surface area (Å²) in [5.74, 6) is -0.315. The molecule has 0 radical (unpaired) electrons. The molecule has 0 aliphatic heterocycles. The molecule has 3 aromatic heterocycles. The van der Waals surface area contributed by atoms with E-state index in [9.17, 15) is 14.8 Å². The van der Waals surface area contributed by atoms with E-state index in [4.69, 9.17) is 0 Å². The highest BCUT2D eigenvalue weighted by molar-refractivity contribution is 5.79. The van der Waals surface area contributed by atoms with Crippen LogP contribution < -0.4 is 0 Å². The number of nitriles is 1. The summed E-state index contributed by atoms with van der Waals surface area (Å²) in [7, 11) is 0. The van der Waals surface area contributed by atoms with Gasteiger partial charge in [-0.3, -0.25) is 4.40 Å². The molecule has 1 unspecified atom stereocenters. The third-order valence-electron chi connectivity index (χ3n) is 4.88. The minimum absolute atomic E-state index is 0.0283. The van der Waals surface area contributed by atoms with Crippen molar-refractivity contribution in [3.63, 3.8) is 0 Å². The van der Waals surface area contributed by atoms with Crippen LogP contribution in [0.2, 0.25) is 0 Å². The van der Waals surface area contributed by atoms with Crippen molar-refractivity contribution in [3.05, 3.63) is 66.6 Å². The zero-order chi connectivity index (χ0) is 19.7. The third kappa shape index (κ3) is 2.94. The Bertz CT molecular complexity index is 1170. The summed E-state index contributed by atoms with van der Waals surface area (Å²) < 4.78 is 17.0. The van der Waals surface area contributed by atoms with Gasteiger partial charge in [0.2, 0.25) is 0 Å². The Balaban J connectivity index is 1.96. The predicted octanol–water partition coefficient (Wildman–Crippen LogP) is 3.82. The fourth-order valence-electron chi connectivity index (χ4n) is 3.36. The van der Waals surface area contributed by atoms with E-state index in [1.165, 1.54) is 18.3 Å². The molecule has 1 N–H and O–H groups in total. The van der Waals surface area contributed by atoms with Gasteiger partial charge in [-0.15, -0.1) is 0 Å². The molecule has 1 aromatic carbocycles. The van der Waals surface area contributed by atoms with Crippen LogP contribution >= 0.6 is 0 Å². The van der Waals surface area contributed by atoms with Gasteiger partial charge in [0.15, 0.2) is 0 Å². The number of halogens is 1. The van der Waals surface area contributed by atoms with E-state index >= 15 is 0 Å². The van der Waals surface area contributed by atoms with E-state index in [1.54, 1.807) is 22.9 Å². The molecule has 7 heteroatoms. The number of aliphatic hydroxyl groups excluding tert-OH is 1. The SMILES string of the molecule is CCC(CO)n1cnc(-c2ccc(F)cc2)c1-c1ccc2ncc(C#N)n2c1. The average molecular weight is 375 g/mol. The van der Waals surface area contributed by atoms with E-state index in [-0.39, 0.29) is 18.5 Å². The van der Waals surface area contributed by atoms with E-state index in [1.807, 2.05) is 29.8 Å². The van der Waals surface area contributed by atoms with Crippen LogP contribution in [0.1, 0.15) is 25.1 Å². The van der Waals surface area contributed by atoms with E-state index in [0.717, 1.165) is 23.2 Å². The lowest BCUT2D eigenvalue weighted by Crippen LogP contribution is -2.12. The van der Waals surface area contributed by atoms with Crippen LogP contribution in [0.15, 0.2) is 55.1 Å². The van der Waals surface area contributed by atoms with Crippen molar-refractivity contribution in [1.29, 1.82) is 5.26 Å². The first-order valence-corrected chi connectivity index (χ1v) is 8.97. The summed E-state index contributed by atoms with van der Waals surface area (Å²) in [6.45, 7) is 1.97. The molecule has 0 aliphatic carbocycles. The lowest BCUT2D eigenvalue weighted by Gasteiger charge is -2.18. The standard InChI is InChI=1S/C21H18FN5O/c1-2-17(12-28)27-13-25-20(14-3-6-16(22)7-4-14)21(27)15-5-8-19-24-10-18(9-23)26(19)11-15/h3-8,10-11,13,17,28H,2,12H2,1H3. The van der Waals surface area contributed by atoms with E-state index in [2.05, 4.69) is 16.0 Å². The number of aromatic nitrogens is 4.